The Morgan fingerprint density at radius 1 is 0.947 bits per heavy atom. The molecule has 2 aliphatic rings. The maximum atomic E-state index is 13.8. The van der Waals surface area contributed by atoms with Crippen LogP contribution in [0.3, 0.4) is 0 Å². The molecule has 0 bridgehead atoms. The Bertz CT molecular complexity index is 891. The monoisotopic (exact) mass is 531 g/mol. The number of amides is 5. The van der Waals surface area contributed by atoms with Crippen LogP contribution in [0.2, 0.25) is 0 Å². The molecule has 4 N–H and O–H groups in total. The summed E-state index contributed by atoms with van der Waals surface area (Å²) in [7, 11) is 0. The topological polar surface area (TPSA) is 137 Å². The van der Waals surface area contributed by atoms with E-state index in [4.69, 9.17) is 0 Å². The Balaban J connectivity index is 2.19. The summed E-state index contributed by atoms with van der Waals surface area (Å²) in [5, 5.41) is 10.9. The van der Waals surface area contributed by atoms with Gasteiger partial charge < -0.3 is 26.2 Å². The molecule has 3 atom stereocenters. The molecule has 1 saturated heterocycles. The number of nitrogens with one attached hydrogen (secondary N) is 4. The van der Waals surface area contributed by atoms with Gasteiger partial charge in [0.1, 0.15) is 12.1 Å². The lowest BCUT2D eigenvalue weighted by Crippen LogP contribution is -2.60. The lowest BCUT2D eigenvalue weighted by molar-refractivity contribution is -0.143. The first-order chi connectivity index (χ1) is 18.0. The molecule has 212 valence electrons. The number of ketones is 1. The Morgan fingerprint density at radius 2 is 1.63 bits per heavy atom. The lowest BCUT2D eigenvalue weighted by Gasteiger charge is -2.35. The van der Waals surface area contributed by atoms with Crippen molar-refractivity contribution in [3.05, 3.63) is 25.3 Å². The van der Waals surface area contributed by atoms with Crippen molar-refractivity contribution in [1.29, 1.82) is 0 Å². The first-order valence-corrected chi connectivity index (χ1v) is 13.7. The summed E-state index contributed by atoms with van der Waals surface area (Å²) in [6.07, 6.45) is 9.51. The van der Waals surface area contributed by atoms with Crippen molar-refractivity contribution in [3.63, 3.8) is 0 Å². The van der Waals surface area contributed by atoms with Gasteiger partial charge in [-0.3, -0.25) is 19.2 Å². The van der Waals surface area contributed by atoms with Crippen molar-refractivity contribution in [2.24, 2.45) is 5.92 Å². The van der Waals surface area contributed by atoms with Crippen LogP contribution in [0.25, 0.3) is 0 Å². The zero-order chi connectivity index (χ0) is 28.3. The summed E-state index contributed by atoms with van der Waals surface area (Å²) < 4.78 is 0. The van der Waals surface area contributed by atoms with E-state index in [2.05, 4.69) is 34.4 Å². The van der Waals surface area contributed by atoms with Gasteiger partial charge in [-0.25, -0.2) is 4.79 Å². The summed E-state index contributed by atoms with van der Waals surface area (Å²) in [6, 6.07) is -2.97. The second-order valence-corrected chi connectivity index (χ2v) is 11.2. The van der Waals surface area contributed by atoms with Crippen molar-refractivity contribution in [1.82, 2.24) is 26.2 Å². The average Bonchev–Trinajstić information content (AvgIpc) is 3.37. The number of nitrogens with zero attached hydrogens (tertiary/aromatic N) is 1. The highest BCUT2D eigenvalue weighted by Gasteiger charge is 2.42. The molecule has 1 aliphatic carbocycles. The van der Waals surface area contributed by atoms with Crippen LogP contribution in [0.15, 0.2) is 25.3 Å². The van der Waals surface area contributed by atoms with Crippen LogP contribution in [-0.4, -0.2) is 71.2 Å². The number of urea groups is 1. The Hall–Kier alpha value is -3.17. The second kappa shape index (κ2) is 14.7. The van der Waals surface area contributed by atoms with Gasteiger partial charge in [-0.2, -0.15) is 0 Å². The maximum Gasteiger partial charge on any atom is 0.315 e. The summed E-state index contributed by atoms with van der Waals surface area (Å²) in [5.41, 5.74) is -0.467. The van der Waals surface area contributed by atoms with Crippen molar-refractivity contribution in [3.8, 4) is 0 Å². The molecule has 0 aromatic heterocycles. The highest BCUT2D eigenvalue weighted by atomic mass is 16.2. The fourth-order valence-electron chi connectivity index (χ4n) is 5.08. The van der Waals surface area contributed by atoms with Crippen molar-refractivity contribution in [2.45, 2.75) is 102 Å². The second-order valence-electron chi connectivity index (χ2n) is 11.2. The molecule has 10 heteroatoms. The van der Waals surface area contributed by atoms with Crippen LogP contribution in [0.5, 0.6) is 0 Å². The van der Waals surface area contributed by atoms with Gasteiger partial charge in [-0.15, -0.1) is 13.2 Å². The number of carbonyl (C=O) groups is 5. The van der Waals surface area contributed by atoms with Gasteiger partial charge in [0.25, 0.3) is 5.91 Å². The van der Waals surface area contributed by atoms with E-state index in [1.54, 1.807) is 6.08 Å². The van der Waals surface area contributed by atoms with Crippen LogP contribution in [0.4, 0.5) is 4.79 Å². The molecular weight excluding hydrogens is 486 g/mol. The minimum Gasteiger partial charge on any atom is -0.346 e. The molecule has 0 radical (unpaired) electrons. The third-order valence-electron chi connectivity index (χ3n) is 6.92. The van der Waals surface area contributed by atoms with Crippen LogP contribution in [-0.2, 0) is 19.2 Å². The van der Waals surface area contributed by atoms with Crippen LogP contribution < -0.4 is 21.3 Å². The zero-order valence-electron chi connectivity index (χ0n) is 23.1. The summed E-state index contributed by atoms with van der Waals surface area (Å²) in [5.74, 6) is -2.32. The number of likely N-dealkylation sites (tertiary alicyclic amines) is 1. The lowest BCUT2D eigenvalue weighted by atomic mass is 9.83. The molecule has 5 amide bonds. The summed E-state index contributed by atoms with van der Waals surface area (Å²) >= 11 is 0. The molecule has 0 spiro atoms. The molecule has 1 saturated carbocycles. The van der Waals surface area contributed by atoms with E-state index in [1.807, 2.05) is 20.8 Å². The maximum absolute atomic E-state index is 13.8. The molecule has 0 aromatic rings. The van der Waals surface area contributed by atoms with Crippen LogP contribution >= 0.6 is 0 Å². The Morgan fingerprint density at radius 3 is 2.24 bits per heavy atom. The third kappa shape index (κ3) is 9.29. The van der Waals surface area contributed by atoms with Crippen LogP contribution in [0.1, 0.15) is 78.6 Å². The van der Waals surface area contributed by atoms with Gasteiger partial charge in [-0.05, 0) is 65.2 Å². The van der Waals surface area contributed by atoms with E-state index in [9.17, 15) is 24.0 Å². The van der Waals surface area contributed by atoms with Crippen molar-refractivity contribution < 1.29 is 24.0 Å². The van der Waals surface area contributed by atoms with Gasteiger partial charge in [0.05, 0.1) is 6.04 Å². The van der Waals surface area contributed by atoms with E-state index in [1.165, 1.54) is 11.0 Å². The third-order valence-corrected chi connectivity index (χ3v) is 6.92. The molecular formula is C28H45N5O5. The SMILES string of the molecule is C=CCCC(NC(=O)[C@@H]1CCCN1C(=O)[C@@H](NC(=O)NC(C)(C)C)C1CCCCC1)C(=O)C(=O)NCC=C. The van der Waals surface area contributed by atoms with Gasteiger partial charge in [-0.1, -0.05) is 31.4 Å². The van der Waals surface area contributed by atoms with Crippen molar-refractivity contribution >= 4 is 29.5 Å². The molecule has 1 unspecified atom stereocenters. The predicted octanol–water partition coefficient (Wildman–Crippen LogP) is 2.35. The summed E-state index contributed by atoms with van der Waals surface area (Å²) in [6.45, 7) is 13.3. The van der Waals surface area contributed by atoms with E-state index >= 15 is 0 Å². The van der Waals surface area contributed by atoms with E-state index < -0.39 is 47.3 Å². The quantitative estimate of drug-likeness (QED) is 0.226. The number of hydrogen-bond donors (Lipinski definition) is 4. The Kier molecular flexibility index (Phi) is 12.0. The number of allylic oxidation sites excluding steroid dienone is 1. The number of hydrogen-bond acceptors (Lipinski definition) is 5. The number of Topliss-reactive ketones (excluding diaryl/α,β-unsaturated/α-hetero) is 1. The van der Waals surface area contributed by atoms with Crippen LogP contribution in [0, 0.1) is 5.92 Å². The minimum atomic E-state index is -1.03. The first kappa shape index (κ1) is 31.1. The molecule has 2 rings (SSSR count). The highest BCUT2D eigenvalue weighted by Crippen LogP contribution is 2.29. The predicted molar refractivity (Wildman–Crippen MR) is 146 cm³/mol. The first-order valence-electron chi connectivity index (χ1n) is 13.7. The fourth-order valence-corrected chi connectivity index (χ4v) is 5.08. The van der Waals surface area contributed by atoms with Gasteiger partial charge >= 0.3 is 6.03 Å². The molecule has 38 heavy (non-hydrogen) atoms. The zero-order valence-corrected chi connectivity index (χ0v) is 23.1. The van der Waals surface area contributed by atoms with Gasteiger partial charge in [0.15, 0.2) is 0 Å². The van der Waals surface area contributed by atoms with Gasteiger partial charge in [0.2, 0.25) is 17.6 Å². The normalized spacial score (nSPS) is 19.6. The minimum absolute atomic E-state index is 0.0123. The molecule has 2 fully saturated rings. The van der Waals surface area contributed by atoms with Gasteiger partial charge in [0, 0.05) is 18.6 Å². The average molecular weight is 532 g/mol. The molecule has 1 aliphatic heterocycles. The largest absolute Gasteiger partial charge is 0.346 e. The number of carbonyl (C=O) groups excluding carboxylic acids is 5. The smallest absolute Gasteiger partial charge is 0.315 e. The standard InChI is InChI=1S/C28H45N5O5/c1-6-8-15-20(23(34)25(36)29-17-7-2)30-24(35)21-16-12-18-33(21)26(37)22(19-13-10-9-11-14-19)31-27(38)32-28(3,4)5/h6-7,19-22H,1-2,8-18H2,3-5H3,(H,29,36)(H,30,35)(H2,31,32,38)/t20?,21-,22-/m0/s1. The molecule has 0 aromatic carbocycles. The summed E-state index contributed by atoms with van der Waals surface area (Å²) in [4.78, 5) is 66.4. The molecule has 1 heterocycles. The van der Waals surface area contributed by atoms with E-state index in [-0.39, 0.29) is 24.8 Å². The van der Waals surface area contributed by atoms with E-state index in [0.717, 1.165) is 32.1 Å². The molecule has 10 nitrogen and oxygen atoms in total. The highest BCUT2D eigenvalue weighted by molar-refractivity contribution is 6.38. The Labute approximate surface area is 226 Å². The van der Waals surface area contributed by atoms with E-state index in [0.29, 0.717) is 25.8 Å². The fraction of sp³-hybridized carbons (Fsp3) is 0.679. The number of rotatable bonds is 12. The van der Waals surface area contributed by atoms with Crippen molar-refractivity contribution in [2.75, 3.05) is 13.1 Å².